The molecule has 0 saturated heterocycles. The largest absolute Gasteiger partial charge is 0.326 e. The number of nitrogens with two attached hydrogens (primary N) is 1. The normalized spacial score (nSPS) is 11.1. The van der Waals surface area contributed by atoms with E-state index in [0.29, 0.717) is 12.1 Å². The second kappa shape index (κ2) is 5.94. The SMILES string of the molecule is N#C/C(=C\c1ccc(F)cc1)c1ccc(CN)cc1. The van der Waals surface area contributed by atoms with Gasteiger partial charge in [0.05, 0.1) is 11.6 Å². The van der Waals surface area contributed by atoms with Crippen molar-refractivity contribution in [3.63, 3.8) is 0 Å². The number of hydrogen-bond acceptors (Lipinski definition) is 2. The van der Waals surface area contributed by atoms with Crippen molar-refractivity contribution in [3.8, 4) is 6.07 Å². The molecule has 94 valence electrons. The van der Waals surface area contributed by atoms with Crippen molar-refractivity contribution in [1.29, 1.82) is 5.26 Å². The van der Waals surface area contributed by atoms with E-state index in [2.05, 4.69) is 6.07 Å². The lowest BCUT2D eigenvalue weighted by Crippen LogP contribution is -1.95. The molecule has 0 unspecified atom stereocenters. The van der Waals surface area contributed by atoms with Gasteiger partial charge < -0.3 is 5.73 Å². The van der Waals surface area contributed by atoms with Gasteiger partial charge in [0.1, 0.15) is 5.82 Å². The summed E-state index contributed by atoms with van der Waals surface area (Å²) in [6.07, 6.45) is 1.73. The Morgan fingerprint density at radius 1 is 1.11 bits per heavy atom. The monoisotopic (exact) mass is 252 g/mol. The molecule has 0 radical (unpaired) electrons. The highest BCUT2D eigenvalue weighted by Gasteiger charge is 2.01. The maximum atomic E-state index is 12.8. The summed E-state index contributed by atoms with van der Waals surface area (Å²) >= 11 is 0. The third-order valence-corrected chi connectivity index (χ3v) is 2.80. The molecular weight excluding hydrogens is 239 g/mol. The van der Waals surface area contributed by atoms with Crippen LogP contribution in [0.15, 0.2) is 48.5 Å². The van der Waals surface area contributed by atoms with Crippen LogP contribution in [0.25, 0.3) is 11.6 Å². The summed E-state index contributed by atoms with van der Waals surface area (Å²) in [6.45, 7) is 0.476. The number of allylic oxidation sites excluding steroid dienone is 1. The molecule has 0 bridgehead atoms. The minimum absolute atomic E-state index is 0.289. The van der Waals surface area contributed by atoms with Crippen LogP contribution in [0.3, 0.4) is 0 Å². The average molecular weight is 252 g/mol. The summed E-state index contributed by atoms with van der Waals surface area (Å²) in [5, 5.41) is 9.20. The minimum atomic E-state index is -0.289. The zero-order chi connectivity index (χ0) is 13.7. The highest BCUT2D eigenvalue weighted by atomic mass is 19.1. The summed E-state index contributed by atoms with van der Waals surface area (Å²) in [7, 11) is 0. The molecule has 0 aliphatic heterocycles. The first-order valence-corrected chi connectivity index (χ1v) is 5.89. The van der Waals surface area contributed by atoms with Gasteiger partial charge in [-0.1, -0.05) is 36.4 Å². The third kappa shape index (κ3) is 3.27. The van der Waals surface area contributed by atoms with Crippen molar-refractivity contribution in [3.05, 3.63) is 71.0 Å². The van der Waals surface area contributed by atoms with E-state index in [1.807, 2.05) is 24.3 Å². The Labute approximate surface area is 111 Å². The van der Waals surface area contributed by atoms with Gasteiger partial charge in [-0.2, -0.15) is 5.26 Å². The van der Waals surface area contributed by atoms with E-state index in [1.54, 1.807) is 18.2 Å². The number of halogens is 1. The number of nitriles is 1. The van der Waals surface area contributed by atoms with Gasteiger partial charge in [0.15, 0.2) is 0 Å². The van der Waals surface area contributed by atoms with Gasteiger partial charge in [-0.15, -0.1) is 0 Å². The van der Waals surface area contributed by atoms with Gasteiger partial charge in [0.2, 0.25) is 0 Å². The molecule has 2 N–H and O–H groups in total. The first-order valence-electron chi connectivity index (χ1n) is 5.89. The molecule has 0 aliphatic carbocycles. The summed E-state index contributed by atoms with van der Waals surface area (Å²) in [4.78, 5) is 0. The van der Waals surface area contributed by atoms with Crippen molar-refractivity contribution < 1.29 is 4.39 Å². The van der Waals surface area contributed by atoms with Crippen LogP contribution >= 0.6 is 0 Å². The van der Waals surface area contributed by atoms with Gasteiger partial charge in [-0.05, 0) is 34.9 Å². The molecule has 3 heteroatoms. The van der Waals surface area contributed by atoms with Crippen LogP contribution in [-0.2, 0) is 6.54 Å². The lowest BCUT2D eigenvalue weighted by molar-refractivity contribution is 0.628. The van der Waals surface area contributed by atoms with Gasteiger partial charge >= 0.3 is 0 Å². The number of hydrogen-bond donors (Lipinski definition) is 1. The fourth-order valence-electron chi connectivity index (χ4n) is 1.73. The molecule has 0 aromatic heterocycles. The molecular formula is C16H13FN2. The zero-order valence-electron chi connectivity index (χ0n) is 10.3. The lowest BCUT2D eigenvalue weighted by atomic mass is 10.0. The number of rotatable bonds is 3. The zero-order valence-corrected chi connectivity index (χ0v) is 10.3. The Kier molecular flexibility index (Phi) is 4.07. The maximum Gasteiger partial charge on any atom is 0.123 e. The van der Waals surface area contributed by atoms with Crippen molar-refractivity contribution in [1.82, 2.24) is 0 Å². The smallest absolute Gasteiger partial charge is 0.123 e. The molecule has 19 heavy (non-hydrogen) atoms. The second-order valence-electron chi connectivity index (χ2n) is 4.12. The van der Waals surface area contributed by atoms with Gasteiger partial charge in [0.25, 0.3) is 0 Å². The summed E-state index contributed by atoms with van der Waals surface area (Å²) < 4.78 is 12.8. The fourth-order valence-corrected chi connectivity index (χ4v) is 1.73. The number of nitrogens with zero attached hydrogens (tertiary/aromatic N) is 1. The highest BCUT2D eigenvalue weighted by molar-refractivity contribution is 5.89. The predicted molar refractivity (Wildman–Crippen MR) is 74.2 cm³/mol. The molecule has 0 fully saturated rings. The summed E-state index contributed by atoms with van der Waals surface area (Å²) in [5.74, 6) is -0.289. The molecule has 0 aliphatic rings. The van der Waals surface area contributed by atoms with E-state index >= 15 is 0 Å². The van der Waals surface area contributed by atoms with Gasteiger partial charge in [-0.3, -0.25) is 0 Å². The van der Waals surface area contributed by atoms with E-state index < -0.39 is 0 Å². The van der Waals surface area contributed by atoms with Crippen LogP contribution in [0.4, 0.5) is 4.39 Å². The predicted octanol–water partition coefficient (Wildman–Crippen LogP) is 3.35. The quantitative estimate of drug-likeness (QED) is 0.672. The molecule has 2 nitrogen and oxygen atoms in total. The van der Waals surface area contributed by atoms with Crippen LogP contribution in [0.5, 0.6) is 0 Å². The van der Waals surface area contributed by atoms with Crippen LogP contribution in [0, 0.1) is 17.1 Å². The number of benzene rings is 2. The van der Waals surface area contributed by atoms with E-state index in [1.165, 1.54) is 12.1 Å². The van der Waals surface area contributed by atoms with Crippen molar-refractivity contribution in [2.75, 3.05) is 0 Å². The Balaban J connectivity index is 2.33. The highest BCUT2D eigenvalue weighted by Crippen LogP contribution is 2.18. The molecule has 0 heterocycles. The van der Waals surface area contributed by atoms with Crippen LogP contribution in [0.1, 0.15) is 16.7 Å². The molecule has 0 saturated carbocycles. The van der Waals surface area contributed by atoms with Crippen LogP contribution in [-0.4, -0.2) is 0 Å². The van der Waals surface area contributed by atoms with Crippen molar-refractivity contribution >= 4 is 11.6 Å². The Hall–Kier alpha value is -2.44. The van der Waals surface area contributed by atoms with Crippen molar-refractivity contribution in [2.45, 2.75) is 6.54 Å². The molecule has 0 spiro atoms. The third-order valence-electron chi connectivity index (χ3n) is 2.80. The molecule has 0 atom stereocenters. The van der Waals surface area contributed by atoms with E-state index in [0.717, 1.165) is 16.7 Å². The molecule has 2 aromatic carbocycles. The van der Waals surface area contributed by atoms with Crippen molar-refractivity contribution in [2.24, 2.45) is 5.73 Å². The van der Waals surface area contributed by atoms with E-state index in [-0.39, 0.29) is 5.82 Å². The van der Waals surface area contributed by atoms with E-state index in [4.69, 9.17) is 5.73 Å². The topological polar surface area (TPSA) is 49.8 Å². The summed E-state index contributed by atoms with van der Waals surface area (Å²) in [6, 6.07) is 15.7. The summed E-state index contributed by atoms with van der Waals surface area (Å²) in [5.41, 5.74) is 8.70. The Bertz CT molecular complexity index is 619. The Morgan fingerprint density at radius 3 is 2.26 bits per heavy atom. The lowest BCUT2D eigenvalue weighted by Gasteiger charge is -2.02. The first-order chi connectivity index (χ1) is 9.22. The van der Waals surface area contributed by atoms with Crippen LogP contribution in [0.2, 0.25) is 0 Å². The average Bonchev–Trinajstić information content (AvgIpc) is 2.47. The van der Waals surface area contributed by atoms with Crippen LogP contribution < -0.4 is 5.73 Å². The molecule has 2 aromatic rings. The standard InChI is InChI=1S/C16H13FN2/c17-16-7-3-12(4-8-16)9-15(11-19)14-5-1-13(10-18)2-6-14/h1-9H,10,18H2/b15-9+. The van der Waals surface area contributed by atoms with E-state index in [9.17, 15) is 9.65 Å². The fraction of sp³-hybridized carbons (Fsp3) is 0.0625. The van der Waals surface area contributed by atoms with Gasteiger partial charge in [-0.25, -0.2) is 4.39 Å². The molecule has 0 amide bonds. The Morgan fingerprint density at radius 2 is 1.74 bits per heavy atom. The molecule has 2 rings (SSSR count). The minimum Gasteiger partial charge on any atom is -0.326 e. The first kappa shape index (κ1) is 13.0. The second-order valence-corrected chi connectivity index (χ2v) is 4.12. The maximum absolute atomic E-state index is 12.8. The van der Waals surface area contributed by atoms with Gasteiger partial charge in [0, 0.05) is 6.54 Å².